The summed E-state index contributed by atoms with van der Waals surface area (Å²) in [4.78, 5) is 87.1. The van der Waals surface area contributed by atoms with Crippen molar-refractivity contribution in [2.24, 2.45) is 22.7 Å². The zero-order valence-electron chi connectivity index (χ0n) is 38.9. The average molecular weight is 938 g/mol. The number of nitrogens with two attached hydrogens (primary N) is 1. The normalized spacial score (nSPS) is 22.8. The average Bonchev–Trinajstić information content (AvgIpc) is 3.71. The molecule has 0 radical (unpaired) electrons. The number of aromatic amines is 1. The number of H-pyrrole nitrogens is 1. The van der Waals surface area contributed by atoms with Crippen LogP contribution >= 0.6 is 0 Å². The predicted molar refractivity (Wildman–Crippen MR) is 253 cm³/mol. The molecular weight excluding hydrogens is 875 g/mol. The van der Waals surface area contributed by atoms with Gasteiger partial charge in [-0.1, -0.05) is 79.0 Å². The second-order valence-electron chi connectivity index (χ2n) is 19.0. The first-order valence-electron chi connectivity index (χ1n) is 23.1. The third-order valence-electron chi connectivity index (χ3n) is 12.7. The third kappa shape index (κ3) is 13.6. The summed E-state index contributed by atoms with van der Waals surface area (Å²) in [5, 5.41) is 34.1. The van der Waals surface area contributed by atoms with Crippen molar-refractivity contribution in [3.8, 4) is 0 Å². The highest BCUT2D eigenvalue weighted by Gasteiger charge is 2.42. The first kappa shape index (κ1) is 51.0. The lowest BCUT2D eigenvalue weighted by Crippen LogP contribution is -2.61. The highest BCUT2D eigenvalue weighted by atomic mass is 16.5. The number of ether oxygens (including phenoxy) is 1. The number of azide groups is 1. The van der Waals surface area contributed by atoms with Gasteiger partial charge in [0.15, 0.2) is 0 Å². The third-order valence-corrected chi connectivity index (χ3v) is 12.7. The zero-order valence-corrected chi connectivity index (χ0v) is 38.9. The number of primary amides is 1. The van der Waals surface area contributed by atoms with Crippen LogP contribution in [0.4, 0.5) is 0 Å². The first-order chi connectivity index (χ1) is 32.4. The standard InChI is InChI=1S/C38H50N6O5.C10H13N5O4/c1-38(2,3)43-37(49)32-20-26-14-7-8-15-27(26)22-44(32)23-33(45)30(19-24-11-5-4-6-12-24)41-36(48)31(21-34(39)46)42-35(47)29-18-17-25-13-9-10-16-28(25)40-29;1-5-3-15(10(18)12-9(5)17)8-2-6(13-14-11)7(4-16)19-8/h4-6,9-13,16-18,26-27,30-33,45H,7-8,14-15,19-23H2,1-3H3,(H2,39,46)(H,41,48)(H,42,47)(H,43,49);3,6-8,16H,2,4H2,1H3,(H,12,17,18)/t26-,27+,30-,31?,32-,33+;/m0./s1. The Morgan fingerprint density at radius 1 is 1.00 bits per heavy atom. The van der Waals surface area contributed by atoms with E-state index in [4.69, 9.17) is 21.1 Å². The number of aryl methyl sites for hydroxylation is 1. The van der Waals surface area contributed by atoms with Crippen LogP contribution in [0.15, 0.2) is 87.6 Å². The molecule has 8 N–H and O–H groups in total. The zero-order chi connectivity index (χ0) is 49.1. The summed E-state index contributed by atoms with van der Waals surface area (Å²) in [6.07, 6.45) is 4.36. The van der Waals surface area contributed by atoms with Crippen molar-refractivity contribution < 1.29 is 34.1 Å². The van der Waals surface area contributed by atoms with E-state index < -0.39 is 83.5 Å². The quantitative estimate of drug-likeness (QED) is 0.0517. The number of aromatic nitrogens is 3. The van der Waals surface area contributed by atoms with Crippen LogP contribution in [-0.4, -0.2) is 115 Å². The SMILES string of the molecule is CC(C)(C)NC(=O)[C@@H]1C[C@@H]2CCCC[C@@H]2CN1C[C@@H](O)[C@H](Cc1ccccc1)NC(=O)C(CC(N)=O)NC(=O)c1ccc2ccccc2n1.Cc1cn(C2CC(N=[N+]=[N-])C(CO)O2)c(=O)[nH]c1=O. The molecule has 20 nitrogen and oxygen atoms in total. The van der Waals surface area contributed by atoms with Crippen LogP contribution in [0.2, 0.25) is 0 Å². The van der Waals surface area contributed by atoms with E-state index in [1.807, 2.05) is 69.3 Å². The molecule has 1 aliphatic carbocycles. The number of carbonyl (C=O) groups is 4. The number of fused-ring (bicyclic) bond motifs is 2. The molecule has 4 aromatic rings. The molecule has 20 heteroatoms. The topological polar surface area (TPSA) is 300 Å². The molecule has 3 fully saturated rings. The molecule has 1 saturated carbocycles. The van der Waals surface area contributed by atoms with Crippen LogP contribution in [0.3, 0.4) is 0 Å². The number of β-amino-alcohol motifs (C(OH)–C–C–N with tert-alkyl or cyclic N) is 1. The van der Waals surface area contributed by atoms with E-state index >= 15 is 0 Å². The fourth-order valence-electron chi connectivity index (χ4n) is 9.30. The van der Waals surface area contributed by atoms with E-state index in [2.05, 4.69) is 40.8 Å². The van der Waals surface area contributed by atoms with Gasteiger partial charge in [0.05, 0.1) is 48.9 Å². The largest absolute Gasteiger partial charge is 0.394 e. The summed E-state index contributed by atoms with van der Waals surface area (Å²) in [6.45, 7) is 7.98. The number of nitrogens with zero attached hydrogens (tertiary/aromatic N) is 6. The van der Waals surface area contributed by atoms with Gasteiger partial charge in [0.1, 0.15) is 18.0 Å². The Kier molecular flexibility index (Phi) is 17.3. The number of benzene rings is 2. The van der Waals surface area contributed by atoms with Crippen LogP contribution in [0, 0.1) is 18.8 Å². The van der Waals surface area contributed by atoms with Gasteiger partial charge in [0, 0.05) is 47.1 Å². The van der Waals surface area contributed by atoms with E-state index in [0.717, 1.165) is 36.6 Å². The summed E-state index contributed by atoms with van der Waals surface area (Å²) < 4.78 is 6.69. The molecule has 4 unspecified atom stereocenters. The van der Waals surface area contributed by atoms with Crippen molar-refractivity contribution in [1.29, 1.82) is 0 Å². The first-order valence-corrected chi connectivity index (χ1v) is 23.1. The molecule has 2 aliphatic heterocycles. The van der Waals surface area contributed by atoms with E-state index in [1.54, 1.807) is 25.1 Å². The number of nitrogens with one attached hydrogen (secondary N) is 4. The number of hydrogen-bond acceptors (Lipinski definition) is 12. The Hall–Kier alpha value is -6.44. The minimum Gasteiger partial charge on any atom is -0.394 e. The fraction of sp³-hybridized carbons (Fsp3) is 0.521. The second kappa shape index (κ2) is 23.0. The number of amides is 4. The van der Waals surface area contributed by atoms with Gasteiger partial charge < -0.3 is 36.6 Å². The molecule has 9 atom stereocenters. The van der Waals surface area contributed by atoms with Crippen LogP contribution in [0.5, 0.6) is 0 Å². The van der Waals surface area contributed by atoms with Gasteiger partial charge in [-0.05, 0) is 82.0 Å². The molecule has 0 spiro atoms. The fourth-order valence-corrected chi connectivity index (χ4v) is 9.30. The number of likely N-dealkylation sites (tertiary alicyclic amines) is 1. The van der Waals surface area contributed by atoms with Crippen LogP contribution in [0.25, 0.3) is 21.3 Å². The Bertz CT molecular complexity index is 2580. The number of para-hydroxylation sites is 1. The Morgan fingerprint density at radius 3 is 2.40 bits per heavy atom. The molecule has 4 amide bonds. The van der Waals surface area contributed by atoms with Crippen molar-refractivity contribution in [3.63, 3.8) is 0 Å². The van der Waals surface area contributed by atoms with Gasteiger partial charge in [0.2, 0.25) is 17.7 Å². The van der Waals surface area contributed by atoms with Crippen molar-refractivity contribution in [3.05, 3.63) is 121 Å². The molecule has 2 aromatic heterocycles. The minimum absolute atomic E-state index is 0.0566. The van der Waals surface area contributed by atoms with Crippen LogP contribution in [0.1, 0.15) is 93.6 Å². The van der Waals surface area contributed by atoms with Crippen LogP contribution in [-0.2, 0) is 25.5 Å². The molecule has 7 rings (SSSR count). The van der Waals surface area contributed by atoms with E-state index in [-0.39, 0.29) is 37.6 Å². The number of hydrogen-bond donors (Lipinski definition) is 7. The van der Waals surface area contributed by atoms with Crippen molar-refractivity contribution in [1.82, 2.24) is 35.4 Å². The number of aliphatic hydroxyl groups excluding tert-OH is 2. The summed E-state index contributed by atoms with van der Waals surface area (Å²) >= 11 is 0. The van der Waals surface area contributed by atoms with Crippen molar-refractivity contribution in [2.45, 2.75) is 127 Å². The van der Waals surface area contributed by atoms with Gasteiger partial charge >= 0.3 is 5.69 Å². The number of rotatable bonds is 15. The Labute approximate surface area is 393 Å². The Balaban J connectivity index is 0.000000333. The summed E-state index contributed by atoms with van der Waals surface area (Å²) in [5.41, 5.74) is 14.5. The molecule has 3 aliphatic rings. The number of piperidine rings is 1. The van der Waals surface area contributed by atoms with E-state index in [1.165, 1.54) is 17.2 Å². The molecule has 0 bridgehead atoms. The lowest BCUT2D eigenvalue weighted by molar-refractivity contribution is -0.133. The molecule has 4 heterocycles. The number of aliphatic hydroxyl groups is 2. The van der Waals surface area contributed by atoms with Gasteiger partial charge in [0.25, 0.3) is 11.5 Å². The second-order valence-corrected chi connectivity index (χ2v) is 19.0. The van der Waals surface area contributed by atoms with Crippen molar-refractivity contribution >= 4 is 34.5 Å². The maximum Gasteiger partial charge on any atom is 0.330 e. The lowest BCUT2D eigenvalue weighted by atomic mass is 9.72. The number of carbonyl (C=O) groups excluding carboxylic acids is 4. The minimum atomic E-state index is -1.30. The van der Waals surface area contributed by atoms with E-state index in [9.17, 15) is 33.9 Å². The number of pyridine rings is 1. The maximum absolute atomic E-state index is 13.8. The predicted octanol–water partition coefficient (Wildman–Crippen LogP) is 2.90. The molecule has 2 saturated heterocycles. The van der Waals surface area contributed by atoms with Gasteiger partial charge in [-0.2, -0.15) is 0 Å². The Morgan fingerprint density at radius 2 is 1.71 bits per heavy atom. The summed E-state index contributed by atoms with van der Waals surface area (Å²) in [7, 11) is 0. The highest BCUT2D eigenvalue weighted by Crippen LogP contribution is 2.39. The van der Waals surface area contributed by atoms with Gasteiger partial charge in [-0.15, -0.1) is 0 Å². The monoisotopic (exact) mass is 937 g/mol. The smallest absolute Gasteiger partial charge is 0.330 e. The molecule has 68 heavy (non-hydrogen) atoms. The lowest BCUT2D eigenvalue weighted by Gasteiger charge is -2.47. The van der Waals surface area contributed by atoms with Gasteiger partial charge in [-0.25, -0.2) is 9.78 Å². The van der Waals surface area contributed by atoms with E-state index in [0.29, 0.717) is 29.5 Å². The molecule has 364 valence electrons. The van der Waals surface area contributed by atoms with Gasteiger partial charge in [-0.3, -0.25) is 38.4 Å². The molecular formula is C48H63N11O9. The van der Waals surface area contributed by atoms with Crippen LogP contribution < -0.4 is 32.9 Å². The highest BCUT2D eigenvalue weighted by molar-refractivity contribution is 5.99. The summed E-state index contributed by atoms with van der Waals surface area (Å²) in [5.74, 6) is -1.20. The maximum atomic E-state index is 13.8. The molecule has 2 aromatic carbocycles. The van der Waals surface area contributed by atoms with Crippen molar-refractivity contribution in [2.75, 3.05) is 19.7 Å². The summed E-state index contributed by atoms with van der Waals surface area (Å²) in [6, 6.07) is 17.1.